The van der Waals surface area contributed by atoms with Crippen LogP contribution in [-0.2, 0) is 22.6 Å². The van der Waals surface area contributed by atoms with Crippen molar-refractivity contribution in [2.24, 2.45) is 0 Å². The zero-order valence-electron chi connectivity index (χ0n) is 16.0. The molecule has 0 saturated heterocycles. The summed E-state index contributed by atoms with van der Waals surface area (Å²) < 4.78 is 0. The van der Waals surface area contributed by atoms with Crippen molar-refractivity contribution < 1.29 is 9.59 Å². The smallest absolute Gasteiger partial charge is 0.242 e. The molecule has 0 unspecified atom stereocenters. The van der Waals surface area contributed by atoms with Gasteiger partial charge in [-0.25, -0.2) is 0 Å². The molecular formula is C22H27ClN2O2. The zero-order valence-corrected chi connectivity index (χ0v) is 16.7. The molecule has 0 radical (unpaired) electrons. The van der Waals surface area contributed by atoms with E-state index in [2.05, 4.69) is 5.32 Å². The second-order valence-corrected chi connectivity index (χ2v) is 6.97. The Morgan fingerprint density at radius 1 is 1.07 bits per heavy atom. The second kappa shape index (κ2) is 10.7. The van der Waals surface area contributed by atoms with Gasteiger partial charge in [-0.15, -0.1) is 0 Å². The number of nitrogens with one attached hydrogen (secondary N) is 1. The van der Waals surface area contributed by atoms with Gasteiger partial charge in [-0.1, -0.05) is 67.1 Å². The first kappa shape index (κ1) is 21.0. The third-order valence-corrected chi connectivity index (χ3v) is 4.85. The molecule has 1 atom stereocenters. The van der Waals surface area contributed by atoms with Crippen molar-refractivity contribution in [3.8, 4) is 0 Å². The summed E-state index contributed by atoms with van der Waals surface area (Å²) in [5, 5.41) is 3.54. The lowest BCUT2D eigenvalue weighted by molar-refractivity contribution is -0.140. The van der Waals surface area contributed by atoms with E-state index in [-0.39, 0.29) is 11.8 Å². The van der Waals surface area contributed by atoms with E-state index < -0.39 is 6.04 Å². The van der Waals surface area contributed by atoms with Crippen molar-refractivity contribution in [1.29, 1.82) is 0 Å². The molecule has 0 aromatic heterocycles. The third-order valence-electron chi connectivity index (χ3n) is 4.48. The van der Waals surface area contributed by atoms with Gasteiger partial charge in [-0.2, -0.15) is 0 Å². The average Bonchev–Trinajstić information content (AvgIpc) is 2.69. The van der Waals surface area contributed by atoms with Crippen molar-refractivity contribution >= 4 is 23.4 Å². The molecule has 2 amide bonds. The second-order valence-electron chi connectivity index (χ2n) is 6.57. The molecule has 27 heavy (non-hydrogen) atoms. The molecule has 5 heteroatoms. The van der Waals surface area contributed by atoms with Crippen LogP contribution in [0.25, 0.3) is 0 Å². The monoisotopic (exact) mass is 386 g/mol. The highest BCUT2D eigenvalue weighted by atomic mass is 35.5. The molecule has 2 rings (SSSR count). The third kappa shape index (κ3) is 6.40. The Labute approximate surface area is 166 Å². The van der Waals surface area contributed by atoms with Gasteiger partial charge in [-0.05, 0) is 37.0 Å². The van der Waals surface area contributed by atoms with Gasteiger partial charge < -0.3 is 10.2 Å². The van der Waals surface area contributed by atoms with Crippen LogP contribution >= 0.6 is 11.6 Å². The van der Waals surface area contributed by atoms with E-state index in [1.807, 2.05) is 61.5 Å². The van der Waals surface area contributed by atoms with Crippen LogP contribution in [0.3, 0.4) is 0 Å². The predicted molar refractivity (Wildman–Crippen MR) is 110 cm³/mol. The normalized spacial score (nSPS) is 11.7. The highest BCUT2D eigenvalue weighted by Gasteiger charge is 2.25. The summed E-state index contributed by atoms with van der Waals surface area (Å²) in [4.78, 5) is 27.0. The lowest BCUT2D eigenvalue weighted by atomic mass is 10.1. The quantitative estimate of drug-likeness (QED) is 0.701. The molecule has 2 aromatic rings. The van der Waals surface area contributed by atoms with Gasteiger partial charge in [0.15, 0.2) is 0 Å². The minimum atomic E-state index is -0.532. The number of carbonyl (C=O) groups is 2. The Kier molecular flexibility index (Phi) is 8.34. The van der Waals surface area contributed by atoms with Crippen LogP contribution in [-0.4, -0.2) is 29.3 Å². The number of rotatable bonds is 9. The van der Waals surface area contributed by atoms with Gasteiger partial charge in [0.25, 0.3) is 0 Å². The predicted octanol–water partition coefficient (Wildman–Crippen LogP) is 4.22. The van der Waals surface area contributed by atoms with Gasteiger partial charge >= 0.3 is 0 Å². The van der Waals surface area contributed by atoms with E-state index in [0.717, 1.165) is 17.5 Å². The SMILES string of the molecule is CCCNC(=O)[C@H](C)N(Cc1ccccc1)C(=O)CCc1ccccc1Cl. The van der Waals surface area contributed by atoms with E-state index in [9.17, 15) is 9.59 Å². The molecule has 0 aliphatic carbocycles. The van der Waals surface area contributed by atoms with Crippen molar-refractivity contribution in [3.63, 3.8) is 0 Å². The highest BCUT2D eigenvalue weighted by Crippen LogP contribution is 2.18. The molecule has 0 saturated carbocycles. The van der Waals surface area contributed by atoms with Crippen LogP contribution in [0.5, 0.6) is 0 Å². The summed E-state index contributed by atoms with van der Waals surface area (Å²) in [7, 11) is 0. The molecule has 0 fully saturated rings. The number of amides is 2. The first-order chi connectivity index (χ1) is 13.0. The number of carbonyl (C=O) groups excluding carboxylic acids is 2. The fourth-order valence-electron chi connectivity index (χ4n) is 2.85. The summed E-state index contributed by atoms with van der Waals surface area (Å²) >= 11 is 6.20. The Bertz CT molecular complexity index is 749. The summed E-state index contributed by atoms with van der Waals surface area (Å²) in [6, 6.07) is 16.7. The van der Waals surface area contributed by atoms with Crippen LogP contribution in [0.4, 0.5) is 0 Å². The minimum Gasteiger partial charge on any atom is -0.354 e. The lowest BCUT2D eigenvalue weighted by Crippen LogP contribution is -2.47. The van der Waals surface area contributed by atoms with Gasteiger partial charge in [0.05, 0.1) is 0 Å². The molecule has 2 aromatic carbocycles. The fourth-order valence-corrected chi connectivity index (χ4v) is 3.08. The van der Waals surface area contributed by atoms with Gasteiger partial charge in [0.2, 0.25) is 11.8 Å². The molecule has 1 N–H and O–H groups in total. The van der Waals surface area contributed by atoms with E-state index in [4.69, 9.17) is 11.6 Å². The van der Waals surface area contributed by atoms with Crippen molar-refractivity contribution in [2.45, 2.75) is 45.7 Å². The molecule has 144 valence electrons. The Morgan fingerprint density at radius 3 is 2.41 bits per heavy atom. The minimum absolute atomic E-state index is 0.0575. The summed E-state index contributed by atoms with van der Waals surface area (Å²) in [6.45, 7) is 4.79. The first-order valence-corrected chi connectivity index (χ1v) is 9.75. The number of hydrogen-bond acceptors (Lipinski definition) is 2. The molecule has 0 bridgehead atoms. The molecule has 4 nitrogen and oxygen atoms in total. The molecule has 0 spiro atoms. The first-order valence-electron chi connectivity index (χ1n) is 9.37. The summed E-state index contributed by atoms with van der Waals surface area (Å²) in [5.74, 6) is -0.184. The maximum absolute atomic E-state index is 13.0. The maximum atomic E-state index is 13.0. The maximum Gasteiger partial charge on any atom is 0.242 e. The highest BCUT2D eigenvalue weighted by molar-refractivity contribution is 6.31. The van der Waals surface area contributed by atoms with Gasteiger partial charge in [0.1, 0.15) is 6.04 Å². The number of aryl methyl sites for hydroxylation is 1. The van der Waals surface area contributed by atoms with E-state index >= 15 is 0 Å². The number of nitrogens with zero attached hydrogens (tertiary/aromatic N) is 1. The Hall–Kier alpha value is -2.33. The van der Waals surface area contributed by atoms with E-state index in [1.54, 1.807) is 11.8 Å². The largest absolute Gasteiger partial charge is 0.354 e. The number of halogens is 1. The van der Waals surface area contributed by atoms with E-state index in [1.165, 1.54) is 0 Å². The van der Waals surface area contributed by atoms with Crippen LogP contribution in [0.1, 0.15) is 37.8 Å². The Morgan fingerprint density at radius 2 is 1.74 bits per heavy atom. The van der Waals surface area contributed by atoms with Crippen molar-refractivity contribution in [2.75, 3.05) is 6.54 Å². The Balaban J connectivity index is 2.11. The van der Waals surface area contributed by atoms with Gasteiger partial charge in [0, 0.05) is 24.5 Å². The fraction of sp³-hybridized carbons (Fsp3) is 0.364. The van der Waals surface area contributed by atoms with Crippen LogP contribution in [0, 0.1) is 0 Å². The molecule has 0 heterocycles. The van der Waals surface area contributed by atoms with Crippen molar-refractivity contribution in [3.05, 3.63) is 70.7 Å². The standard InChI is InChI=1S/C22H27ClN2O2/c1-3-15-24-22(27)17(2)25(16-18-9-5-4-6-10-18)21(26)14-13-19-11-7-8-12-20(19)23/h4-12,17H,3,13-16H2,1-2H3,(H,24,27)/t17-/m0/s1. The van der Waals surface area contributed by atoms with Crippen molar-refractivity contribution in [1.82, 2.24) is 10.2 Å². The number of benzene rings is 2. The summed E-state index contributed by atoms with van der Waals surface area (Å²) in [5.41, 5.74) is 1.94. The topological polar surface area (TPSA) is 49.4 Å². The molecule has 0 aliphatic rings. The van der Waals surface area contributed by atoms with Gasteiger partial charge in [-0.3, -0.25) is 9.59 Å². The molecule has 0 aliphatic heterocycles. The summed E-state index contributed by atoms with van der Waals surface area (Å²) in [6.07, 6.45) is 1.71. The molecular weight excluding hydrogens is 360 g/mol. The average molecular weight is 387 g/mol. The van der Waals surface area contributed by atoms with Crippen LogP contribution in [0.15, 0.2) is 54.6 Å². The van der Waals surface area contributed by atoms with E-state index in [0.29, 0.717) is 31.0 Å². The van der Waals surface area contributed by atoms with Crippen LogP contribution in [0.2, 0.25) is 5.02 Å². The van der Waals surface area contributed by atoms with Crippen LogP contribution < -0.4 is 5.32 Å². The lowest BCUT2D eigenvalue weighted by Gasteiger charge is -2.29. The zero-order chi connectivity index (χ0) is 19.6. The number of hydrogen-bond donors (Lipinski definition) is 1.